The third-order valence-electron chi connectivity index (χ3n) is 4.63. The highest BCUT2D eigenvalue weighted by molar-refractivity contribution is 7.46. The number of phosphoric acid groups is 1. The molecule has 10 heteroatoms. The second kappa shape index (κ2) is 8.65. The molecule has 160 valence electrons. The minimum absolute atomic E-state index is 0.0360. The van der Waals surface area contributed by atoms with Crippen molar-refractivity contribution < 1.29 is 23.7 Å². The van der Waals surface area contributed by atoms with E-state index in [2.05, 4.69) is 20.9 Å². The van der Waals surface area contributed by atoms with E-state index in [1.807, 2.05) is 6.07 Å². The van der Waals surface area contributed by atoms with E-state index in [0.717, 1.165) is 5.56 Å². The van der Waals surface area contributed by atoms with Crippen molar-refractivity contribution in [2.24, 2.45) is 0 Å². The van der Waals surface area contributed by atoms with Crippen molar-refractivity contribution in [3.63, 3.8) is 0 Å². The Kier molecular flexibility index (Phi) is 5.75. The smallest absolute Gasteiger partial charge is 0.404 e. The molecule has 0 fully saturated rings. The van der Waals surface area contributed by atoms with Crippen LogP contribution in [0, 0.1) is 11.3 Å². The largest absolute Gasteiger partial charge is 0.524 e. The quantitative estimate of drug-likeness (QED) is 0.383. The lowest BCUT2D eigenvalue weighted by molar-refractivity contribution is 0.102. The van der Waals surface area contributed by atoms with Crippen LogP contribution in [0.3, 0.4) is 0 Å². The second-order valence-electron chi connectivity index (χ2n) is 6.88. The number of carbonyl (C=O) groups is 1. The molecule has 0 bridgehead atoms. The van der Waals surface area contributed by atoms with E-state index in [9.17, 15) is 14.6 Å². The van der Waals surface area contributed by atoms with Crippen molar-refractivity contribution in [1.29, 1.82) is 5.26 Å². The van der Waals surface area contributed by atoms with E-state index in [1.165, 1.54) is 12.1 Å². The van der Waals surface area contributed by atoms with Crippen LogP contribution in [-0.4, -0.2) is 25.2 Å². The molecule has 0 aliphatic heterocycles. The van der Waals surface area contributed by atoms with Gasteiger partial charge in [-0.05, 0) is 48.0 Å². The predicted molar refractivity (Wildman–Crippen MR) is 117 cm³/mol. The number of fused-ring (bicyclic) bond motifs is 1. The van der Waals surface area contributed by atoms with E-state index < -0.39 is 7.82 Å². The van der Waals surface area contributed by atoms with Gasteiger partial charge in [-0.25, -0.2) is 9.55 Å². The summed E-state index contributed by atoms with van der Waals surface area (Å²) in [6.07, 6.45) is 0. The summed E-state index contributed by atoms with van der Waals surface area (Å²) in [4.78, 5) is 35.1. The Morgan fingerprint density at radius 3 is 2.47 bits per heavy atom. The van der Waals surface area contributed by atoms with Gasteiger partial charge in [0.2, 0.25) is 5.95 Å². The normalized spacial score (nSPS) is 11.2. The van der Waals surface area contributed by atoms with Gasteiger partial charge in [-0.3, -0.25) is 19.9 Å². The Labute approximate surface area is 182 Å². The van der Waals surface area contributed by atoms with Crippen LogP contribution in [0.5, 0.6) is 5.75 Å². The van der Waals surface area contributed by atoms with Crippen molar-refractivity contribution in [2.45, 2.75) is 6.54 Å². The third-order valence-corrected chi connectivity index (χ3v) is 5.08. The van der Waals surface area contributed by atoms with Crippen molar-refractivity contribution in [3.8, 4) is 11.8 Å². The van der Waals surface area contributed by atoms with Gasteiger partial charge < -0.3 is 9.09 Å². The predicted octanol–water partition coefficient (Wildman–Crippen LogP) is 3.68. The number of aromatic nitrogens is 2. The zero-order valence-electron chi connectivity index (χ0n) is 16.5. The standard InChI is InChI=1S/C22H17N4O5P/c23-13-16-8-11-20-19(12-16)24-22(25-21(27)17-4-2-1-3-5-17)26(20)14-15-6-9-18(10-7-15)31-32(28,29)30/h1-12H,14H2,(H,24,25,27)(H2,28,29,30). The van der Waals surface area contributed by atoms with E-state index in [1.54, 1.807) is 59.2 Å². The summed E-state index contributed by atoms with van der Waals surface area (Å²) >= 11 is 0. The van der Waals surface area contributed by atoms with Gasteiger partial charge in [0.05, 0.1) is 29.2 Å². The van der Waals surface area contributed by atoms with Gasteiger partial charge in [0.1, 0.15) is 5.75 Å². The number of anilines is 1. The van der Waals surface area contributed by atoms with Crippen LogP contribution in [0.4, 0.5) is 5.95 Å². The number of benzene rings is 3. The number of nitrogens with zero attached hydrogens (tertiary/aromatic N) is 3. The summed E-state index contributed by atoms with van der Waals surface area (Å²) < 4.78 is 17.4. The summed E-state index contributed by atoms with van der Waals surface area (Å²) in [5, 5.41) is 12.0. The molecule has 0 saturated carbocycles. The van der Waals surface area contributed by atoms with Crippen LogP contribution < -0.4 is 9.84 Å². The van der Waals surface area contributed by atoms with E-state index in [4.69, 9.17) is 9.79 Å². The average Bonchev–Trinajstić information content (AvgIpc) is 3.10. The number of amides is 1. The molecule has 1 amide bonds. The number of carbonyl (C=O) groups excluding carboxylic acids is 1. The molecule has 3 aromatic carbocycles. The van der Waals surface area contributed by atoms with Gasteiger partial charge in [-0.2, -0.15) is 5.26 Å². The van der Waals surface area contributed by atoms with Crippen LogP contribution >= 0.6 is 7.82 Å². The minimum atomic E-state index is -4.64. The van der Waals surface area contributed by atoms with Crippen LogP contribution in [0.2, 0.25) is 0 Å². The molecule has 4 rings (SSSR count). The first-order chi connectivity index (χ1) is 15.3. The van der Waals surface area contributed by atoms with Gasteiger partial charge >= 0.3 is 7.82 Å². The first kappa shape index (κ1) is 21.3. The monoisotopic (exact) mass is 448 g/mol. The molecule has 0 atom stereocenters. The summed E-state index contributed by atoms with van der Waals surface area (Å²) in [7, 11) is -4.64. The lowest BCUT2D eigenvalue weighted by Gasteiger charge is -2.12. The maximum absolute atomic E-state index is 12.7. The van der Waals surface area contributed by atoms with Gasteiger partial charge in [0, 0.05) is 5.56 Å². The zero-order valence-corrected chi connectivity index (χ0v) is 17.4. The Hall–Kier alpha value is -3.96. The van der Waals surface area contributed by atoms with Crippen molar-refractivity contribution in [1.82, 2.24) is 9.55 Å². The first-order valence-corrected chi connectivity index (χ1v) is 11.0. The molecule has 0 spiro atoms. The van der Waals surface area contributed by atoms with E-state index in [-0.39, 0.29) is 11.7 Å². The van der Waals surface area contributed by atoms with Crippen molar-refractivity contribution in [2.75, 3.05) is 5.32 Å². The Bertz CT molecular complexity index is 1370. The number of imidazole rings is 1. The maximum Gasteiger partial charge on any atom is 0.524 e. The summed E-state index contributed by atoms with van der Waals surface area (Å²) in [6, 6.07) is 22.1. The molecule has 0 radical (unpaired) electrons. The molecule has 9 nitrogen and oxygen atoms in total. The maximum atomic E-state index is 12.7. The molecule has 0 aliphatic carbocycles. The number of nitrogens with one attached hydrogen (secondary N) is 1. The molecule has 4 aromatic rings. The highest BCUT2D eigenvalue weighted by Crippen LogP contribution is 2.37. The second-order valence-corrected chi connectivity index (χ2v) is 8.05. The fourth-order valence-corrected chi connectivity index (χ4v) is 3.59. The van der Waals surface area contributed by atoms with Crippen molar-refractivity contribution in [3.05, 3.63) is 89.5 Å². The number of nitriles is 1. The molecule has 1 aromatic heterocycles. The third kappa shape index (κ3) is 4.85. The van der Waals surface area contributed by atoms with Gasteiger partial charge in [0.15, 0.2) is 0 Å². The van der Waals surface area contributed by atoms with Gasteiger partial charge in [-0.15, -0.1) is 0 Å². The fourth-order valence-electron chi connectivity index (χ4n) is 3.19. The fraction of sp³-hybridized carbons (Fsp3) is 0.0455. The van der Waals surface area contributed by atoms with Crippen molar-refractivity contribution >= 4 is 30.7 Å². The zero-order chi connectivity index (χ0) is 22.7. The molecule has 1 heterocycles. The topological polar surface area (TPSA) is 137 Å². The number of rotatable bonds is 6. The van der Waals surface area contributed by atoms with E-state index >= 15 is 0 Å². The Balaban J connectivity index is 1.68. The average molecular weight is 448 g/mol. The van der Waals surface area contributed by atoms with Gasteiger partial charge in [0.25, 0.3) is 5.91 Å². The Morgan fingerprint density at radius 2 is 1.81 bits per heavy atom. The van der Waals surface area contributed by atoms with Crippen LogP contribution in [-0.2, 0) is 11.1 Å². The first-order valence-electron chi connectivity index (χ1n) is 9.43. The van der Waals surface area contributed by atoms with Gasteiger partial charge in [-0.1, -0.05) is 30.3 Å². The minimum Gasteiger partial charge on any atom is -0.404 e. The summed E-state index contributed by atoms with van der Waals surface area (Å²) in [5.74, 6) is 0.0152. The molecular formula is C22H17N4O5P. The van der Waals surface area contributed by atoms with Crippen LogP contribution in [0.1, 0.15) is 21.5 Å². The highest BCUT2D eigenvalue weighted by Gasteiger charge is 2.17. The number of hydrogen-bond donors (Lipinski definition) is 3. The number of hydrogen-bond acceptors (Lipinski definition) is 5. The molecule has 0 aliphatic rings. The lowest BCUT2D eigenvalue weighted by Crippen LogP contribution is -2.16. The number of phosphoric ester groups is 1. The Morgan fingerprint density at radius 1 is 1.09 bits per heavy atom. The van der Waals surface area contributed by atoms with Crippen LogP contribution in [0.25, 0.3) is 11.0 Å². The molecule has 32 heavy (non-hydrogen) atoms. The lowest BCUT2D eigenvalue weighted by atomic mass is 10.2. The van der Waals surface area contributed by atoms with Crippen LogP contribution in [0.15, 0.2) is 72.8 Å². The molecule has 3 N–H and O–H groups in total. The molecule has 0 unspecified atom stereocenters. The molecular weight excluding hydrogens is 431 g/mol. The van der Waals surface area contributed by atoms with E-state index in [0.29, 0.717) is 34.7 Å². The summed E-state index contributed by atoms with van der Waals surface area (Å²) in [5.41, 5.74) is 2.96. The highest BCUT2D eigenvalue weighted by atomic mass is 31.2. The SMILES string of the molecule is N#Cc1ccc2c(c1)nc(NC(=O)c1ccccc1)n2Cc1ccc(OP(=O)(O)O)cc1. The summed E-state index contributed by atoms with van der Waals surface area (Å²) in [6.45, 7) is 0.309. The molecule has 0 saturated heterocycles.